The highest BCUT2D eigenvalue weighted by Gasteiger charge is 2.54. The normalized spacial score (nSPS) is 12.7. The predicted molar refractivity (Wildman–Crippen MR) is 240 cm³/mol. The van der Waals surface area contributed by atoms with Gasteiger partial charge in [0.2, 0.25) is 0 Å². The Morgan fingerprint density at radius 3 is 0.419 bits per heavy atom. The summed E-state index contributed by atoms with van der Waals surface area (Å²) in [5, 5.41) is 0.240. The van der Waals surface area contributed by atoms with E-state index in [9.17, 15) is 105 Å². The third-order valence-corrected chi connectivity index (χ3v) is 17.3. The van der Waals surface area contributed by atoms with Gasteiger partial charge < -0.3 is 0 Å². The van der Waals surface area contributed by atoms with Crippen molar-refractivity contribution in [1.82, 2.24) is 0 Å². The van der Waals surface area contributed by atoms with Crippen molar-refractivity contribution in [2.45, 2.75) is 24.7 Å². The topological polar surface area (TPSA) is 0 Å². The molecule has 0 aliphatic carbocycles. The summed E-state index contributed by atoms with van der Waals surface area (Å²) >= 11 is 0. The summed E-state index contributed by atoms with van der Waals surface area (Å²) in [6.45, 7) is 0. The molecule has 0 amide bonds. The lowest BCUT2D eigenvalue weighted by atomic mass is 9.12. The number of halogens is 32. The molecule has 0 N–H and O–H groups in total. The van der Waals surface area contributed by atoms with E-state index in [0.717, 1.165) is 48.5 Å². The Kier molecular flexibility index (Phi) is 17.3. The molecule has 8 aromatic rings. The van der Waals surface area contributed by atoms with Crippen molar-refractivity contribution < 1.29 is 140 Å². The van der Waals surface area contributed by atoms with Crippen molar-refractivity contribution in [2.24, 2.45) is 0 Å². The van der Waals surface area contributed by atoms with E-state index in [-0.39, 0.29) is 21.2 Å². The molecule has 0 saturated heterocycles. The maximum Gasteiger partial charge on any atom is 0.416 e. The molecule has 0 saturated carbocycles. The molecule has 0 aromatic heterocycles. The average Bonchev–Trinajstić information content (AvgIpc) is 0.716. The summed E-state index contributed by atoms with van der Waals surface area (Å²) in [6.07, 6.45) is -26.3. The maximum absolute atomic E-state index is 15.4. The molecule has 0 atom stereocenters. The van der Waals surface area contributed by atoms with Gasteiger partial charge in [-0.2, -0.15) is 52.7 Å². The van der Waals surface area contributed by atoms with Crippen LogP contribution < -0.4 is 43.1 Å². The summed E-state index contributed by atoms with van der Waals surface area (Å²) in [5.74, 6) is -71.4. The van der Waals surface area contributed by atoms with Gasteiger partial charge in [-0.25, -0.2) is 87.8 Å². The first kappa shape index (κ1) is 65.6. The van der Waals surface area contributed by atoms with Crippen molar-refractivity contribution in [1.29, 1.82) is 0 Å². The summed E-state index contributed by atoms with van der Waals surface area (Å²) < 4.78 is 454. The minimum absolute atomic E-state index is 0.0600. The molecule has 456 valence electrons. The van der Waals surface area contributed by atoms with Gasteiger partial charge in [0.25, 0.3) is 0 Å². The number of benzene rings is 8. The maximum atomic E-state index is 15.4. The summed E-state index contributed by atoms with van der Waals surface area (Å²) in [6, 6.07) is 13.8. The Bertz CT molecular complexity index is 3330. The number of hydrogen-bond acceptors (Lipinski definition) is 0. The molecule has 0 spiro atoms. The smallest absolute Gasteiger partial charge is 0.207 e. The third-order valence-electron chi connectivity index (χ3n) is 13.0. The van der Waals surface area contributed by atoms with E-state index in [4.69, 9.17) is 0 Å². The second kappa shape index (κ2) is 22.7. The molecule has 0 unspecified atom stereocenters. The fourth-order valence-corrected chi connectivity index (χ4v) is 13.4. The molecule has 0 bridgehead atoms. The van der Waals surface area contributed by atoms with Crippen molar-refractivity contribution in [3.8, 4) is 0 Å². The first-order chi connectivity index (χ1) is 39.5. The monoisotopic (exact) mass is 1290 g/mol. The molecule has 0 fully saturated rings. The van der Waals surface area contributed by atoms with E-state index in [1.807, 2.05) is 0 Å². The Balaban J connectivity index is 0.000000247. The van der Waals surface area contributed by atoms with E-state index in [2.05, 4.69) is 0 Å². The fraction of sp³-hybridized carbons (Fsp3) is 0.0769. The third kappa shape index (κ3) is 10.7. The first-order valence-corrected chi connectivity index (χ1v) is 24.2. The Morgan fingerprint density at radius 2 is 0.302 bits per heavy atom. The van der Waals surface area contributed by atoms with Crippen LogP contribution in [0.2, 0.25) is 0 Å². The second-order valence-corrected chi connectivity index (χ2v) is 21.1. The lowest BCUT2D eigenvalue weighted by Gasteiger charge is -2.44. The summed E-state index contributed by atoms with van der Waals surface area (Å²) in [7, 11) is -3.66. The minimum Gasteiger partial charge on any atom is -0.207 e. The highest BCUT2D eigenvalue weighted by Crippen LogP contribution is 2.55. The van der Waals surface area contributed by atoms with E-state index in [1.54, 1.807) is 0 Å². The van der Waals surface area contributed by atoms with Gasteiger partial charge in [0, 0.05) is 0 Å². The molecule has 0 heterocycles. The van der Waals surface area contributed by atoms with Crippen molar-refractivity contribution in [2.75, 3.05) is 0 Å². The van der Waals surface area contributed by atoms with Gasteiger partial charge in [-0.15, -0.1) is 21.9 Å². The SMILES string of the molecule is FC(F)(F)c1ccc([P+](c2ccc(C(F)(F)F)cc2)(c2ccc(C(F)(F)F)cc2)c2ccc(C(F)(F)F)cc2)cc1.Fc1c(F)c(F)c([B-](c2c(F)c(F)c(F)c(F)c2F)(c2c(F)c(F)c(F)c(F)c2F)c2c(F)c(F)c(F)c(F)c2F)c(F)c1F. The molecule has 0 nitrogen and oxygen atoms in total. The van der Waals surface area contributed by atoms with Crippen LogP contribution in [0.4, 0.5) is 140 Å². The van der Waals surface area contributed by atoms with Crippen LogP contribution in [-0.2, 0) is 24.7 Å². The van der Waals surface area contributed by atoms with Gasteiger partial charge in [0.05, 0.1) is 22.3 Å². The average molecular weight is 1290 g/mol. The molecular formula is C52H16BF32P. The molecule has 0 aliphatic rings. The van der Waals surface area contributed by atoms with Crippen molar-refractivity contribution in [3.05, 3.63) is 236 Å². The van der Waals surface area contributed by atoms with Gasteiger partial charge in [-0.3, -0.25) is 0 Å². The zero-order chi connectivity index (χ0) is 64.8. The van der Waals surface area contributed by atoms with Gasteiger partial charge in [-0.05, 0) is 97.1 Å². The standard InChI is InChI=1S/C28H16F12P.C24BF20/c29-25(30,31)17-1-9-21(10-2-17)41(22-11-3-18(4-12-22)26(32,33)34,23-13-5-19(6-14-23)27(35,36)37)24-15-7-20(8-16-24)28(38,39)40;26-5-1(6(27)14(35)21(42)13(5)34)25(2-7(28)15(36)22(43)16(37)8(2)29,3-9(30)17(38)23(44)18(39)10(3)31)4-11(32)19(40)24(45)20(41)12(4)33/h1-16H;/q+1;-1. The van der Waals surface area contributed by atoms with Gasteiger partial charge >= 0.3 is 24.7 Å². The molecular weight excluding hydrogens is 1270 g/mol. The fourth-order valence-electron chi connectivity index (χ4n) is 9.26. The van der Waals surface area contributed by atoms with E-state index in [0.29, 0.717) is 48.5 Å². The Morgan fingerprint density at radius 1 is 0.186 bits per heavy atom. The van der Waals surface area contributed by atoms with Crippen LogP contribution >= 0.6 is 7.26 Å². The van der Waals surface area contributed by atoms with Crippen LogP contribution in [0.15, 0.2) is 97.1 Å². The number of hydrogen-bond donors (Lipinski definition) is 0. The van der Waals surface area contributed by atoms with E-state index in [1.165, 1.54) is 0 Å². The molecule has 8 aromatic carbocycles. The zero-order valence-corrected chi connectivity index (χ0v) is 41.3. The largest absolute Gasteiger partial charge is 0.416 e. The Hall–Kier alpha value is -7.99. The molecule has 0 radical (unpaired) electrons. The lowest BCUT2D eigenvalue weighted by Crippen LogP contribution is -2.81. The van der Waals surface area contributed by atoms with Gasteiger partial charge in [0.15, 0.2) is 69.8 Å². The van der Waals surface area contributed by atoms with Crippen LogP contribution in [0.5, 0.6) is 0 Å². The molecule has 34 heteroatoms. The second-order valence-electron chi connectivity index (χ2n) is 17.6. The quantitative estimate of drug-likeness (QED) is 0.0468. The minimum atomic E-state index is -7.22. The summed E-state index contributed by atoms with van der Waals surface area (Å²) in [5.41, 5.74) is -18.6. The van der Waals surface area contributed by atoms with Gasteiger partial charge in [-0.1, -0.05) is 0 Å². The zero-order valence-electron chi connectivity index (χ0n) is 40.4. The Labute approximate surface area is 456 Å². The predicted octanol–water partition coefficient (Wildman–Crippen LogP) is 14.2. The van der Waals surface area contributed by atoms with E-state index < -0.39 is 199 Å². The van der Waals surface area contributed by atoms with E-state index >= 15 is 35.1 Å². The van der Waals surface area contributed by atoms with Crippen LogP contribution in [0.3, 0.4) is 0 Å². The van der Waals surface area contributed by atoms with Crippen molar-refractivity contribution >= 4 is 56.5 Å². The molecule has 0 aliphatic heterocycles. The van der Waals surface area contributed by atoms with Crippen LogP contribution in [0, 0.1) is 116 Å². The van der Waals surface area contributed by atoms with Crippen LogP contribution in [0.25, 0.3) is 0 Å². The van der Waals surface area contributed by atoms with Crippen LogP contribution in [0.1, 0.15) is 22.3 Å². The summed E-state index contributed by atoms with van der Waals surface area (Å²) in [4.78, 5) is 0. The number of alkyl halides is 12. The van der Waals surface area contributed by atoms with Crippen LogP contribution in [-0.4, -0.2) is 6.15 Å². The molecule has 8 rings (SSSR count). The highest BCUT2D eigenvalue weighted by molar-refractivity contribution is 8.01. The highest BCUT2D eigenvalue weighted by atomic mass is 31.2. The lowest BCUT2D eigenvalue weighted by molar-refractivity contribution is -0.138. The number of rotatable bonds is 8. The molecule has 86 heavy (non-hydrogen) atoms. The van der Waals surface area contributed by atoms with Gasteiger partial charge in [0.1, 0.15) is 81.2 Å². The first-order valence-electron chi connectivity index (χ1n) is 22.4. The van der Waals surface area contributed by atoms with Crippen molar-refractivity contribution in [3.63, 3.8) is 0 Å².